The van der Waals surface area contributed by atoms with E-state index in [0.29, 0.717) is 22.9 Å². The molecule has 1 aromatic carbocycles. The molecule has 100 valence electrons. The summed E-state index contributed by atoms with van der Waals surface area (Å²) in [4.78, 5) is 4.07. The molecule has 0 bridgehead atoms. The molecule has 0 aliphatic carbocycles. The van der Waals surface area contributed by atoms with Crippen LogP contribution in [0, 0.1) is 0 Å². The average Bonchev–Trinajstić information content (AvgIpc) is 2.37. The van der Waals surface area contributed by atoms with E-state index in [1.165, 1.54) is 0 Å². The molecule has 3 nitrogen and oxygen atoms in total. The number of halogens is 2. The van der Waals surface area contributed by atoms with E-state index >= 15 is 0 Å². The van der Waals surface area contributed by atoms with Gasteiger partial charge in [-0.1, -0.05) is 11.6 Å². The number of aromatic nitrogens is 1. The quantitative estimate of drug-likeness (QED) is 0.908. The Bertz CT molecular complexity index is 575. The second-order valence-electron chi connectivity index (χ2n) is 4.16. The summed E-state index contributed by atoms with van der Waals surface area (Å²) in [7, 11) is 0. The lowest BCUT2D eigenvalue weighted by atomic mass is 10.1. The van der Waals surface area contributed by atoms with E-state index < -0.39 is 6.10 Å². The molecular formula is C14H13BrClNO2. The number of aliphatic hydroxyl groups excluding tert-OH is 1. The van der Waals surface area contributed by atoms with Gasteiger partial charge in [0.2, 0.25) is 0 Å². The van der Waals surface area contributed by atoms with E-state index in [1.54, 1.807) is 37.5 Å². The maximum atomic E-state index is 9.71. The van der Waals surface area contributed by atoms with Crippen molar-refractivity contribution >= 4 is 27.5 Å². The van der Waals surface area contributed by atoms with Gasteiger partial charge in [-0.15, -0.1) is 0 Å². The zero-order valence-corrected chi connectivity index (χ0v) is 12.6. The minimum Gasteiger partial charge on any atom is -0.488 e. The summed E-state index contributed by atoms with van der Waals surface area (Å²) >= 11 is 9.28. The molecule has 0 spiro atoms. The van der Waals surface area contributed by atoms with Crippen LogP contribution in [-0.4, -0.2) is 10.1 Å². The molecule has 2 rings (SSSR count). The third-order valence-electron chi connectivity index (χ3n) is 2.58. The van der Waals surface area contributed by atoms with Gasteiger partial charge in [0.1, 0.15) is 12.4 Å². The van der Waals surface area contributed by atoms with Gasteiger partial charge in [-0.25, -0.2) is 0 Å². The molecule has 0 radical (unpaired) electrons. The van der Waals surface area contributed by atoms with Gasteiger partial charge in [0, 0.05) is 33.0 Å². The predicted molar refractivity (Wildman–Crippen MR) is 78.4 cm³/mol. The second-order valence-corrected chi connectivity index (χ2v) is 5.51. The largest absolute Gasteiger partial charge is 0.488 e. The summed E-state index contributed by atoms with van der Waals surface area (Å²) in [5, 5.41) is 10.3. The molecule has 0 saturated carbocycles. The molecule has 19 heavy (non-hydrogen) atoms. The molecule has 5 heteroatoms. The molecular weight excluding hydrogens is 330 g/mol. The smallest absolute Gasteiger partial charge is 0.125 e. The van der Waals surface area contributed by atoms with Crippen LogP contribution in [0.3, 0.4) is 0 Å². The van der Waals surface area contributed by atoms with Crippen molar-refractivity contribution in [1.82, 2.24) is 4.98 Å². The lowest BCUT2D eigenvalue weighted by Crippen LogP contribution is -2.01. The zero-order valence-electron chi connectivity index (χ0n) is 10.3. The van der Waals surface area contributed by atoms with Crippen LogP contribution in [0.15, 0.2) is 41.1 Å². The molecule has 1 aromatic heterocycles. The van der Waals surface area contributed by atoms with Crippen LogP contribution in [0.25, 0.3) is 0 Å². The number of aliphatic hydroxyl groups is 1. The van der Waals surface area contributed by atoms with Gasteiger partial charge in [-0.05, 0) is 47.1 Å². The van der Waals surface area contributed by atoms with Crippen molar-refractivity contribution in [3.8, 4) is 5.75 Å². The molecule has 0 aliphatic rings. The molecule has 0 unspecified atom stereocenters. The van der Waals surface area contributed by atoms with Crippen molar-refractivity contribution in [1.29, 1.82) is 0 Å². The lowest BCUT2D eigenvalue weighted by molar-refractivity contribution is 0.190. The van der Waals surface area contributed by atoms with Gasteiger partial charge in [0.25, 0.3) is 0 Å². The second kappa shape index (κ2) is 6.37. The van der Waals surface area contributed by atoms with Crippen LogP contribution in [0.2, 0.25) is 5.02 Å². The topological polar surface area (TPSA) is 42.4 Å². The Morgan fingerprint density at radius 2 is 2.16 bits per heavy atom. The standard InChI is InChI=1S/C14H13BrClNO2/c1-9(18)13-5-12(16)2-3-14(13)19-8-10-4-11(15)7-17-6-10/h2-7,9,18H,8H2,1H3/t9-/m1/s1. The van der Waals surface area contributed by atoms with E-state index in [9.17, 15) is 5.11 Å². The molecule has 1 N–H and O–H groups in total. The first-order chi connectivity index (χ1) is 9.06. The van der Waals surface area contributed by atoms with Crippen molar-refractivity contribution in [2.75, 3.05) is 0 Å². The van der Waals surface area contributed by atoms with Crippen molar-refractivity contribution < 1.29 is 9.84 Å². The Labute approximate surface area is 125 Å². The molecule has 2 aromatic rings. The predicted octanol–water partition coefficient (Wildman–Crippen LogP) is 4.13. The minimum atomic E-state index is -0.630. The molecule has 1 heterocycles. The van der Waals surface area contributed by atoms with E-state index in [-0.39, 0.29) is 0 Å². The maximum absolute atomic E-state index is 9.71. The van der Waals surface area contributed by atoms with Crippen molar-refractivity contribution in [2.45, 2.75) is 19.6 Å². The molecule has 0 saturated heterocycles. The fraction of sp³-hybridized carbons (Fsp3) is 0.214. The number of benzene rings is 1. The third-order valence-corrected chi connectivity index (χ3v) is 3.25. The Balaban J connectivity index is 2.15. The summed E-state index contributed by atoms with van der Waals surface area (Å²) < 4.78 is 6.62. The van der Waals surface area contributed by atoms with Gasteiger partial charge in [0.15, 0.2) is 0 Å². The van der Waals surface area contributed by atoms with E-state index in [4.69, 9.17) is 16.3 Å². The van der Waals surface area contributed by atoms with Gasteiger partial charge in [-0.3, -0.25) is 4.98 Å². The van der Waals surface area contributed by atoms with Crippen molar-refractivity contribution in [2.24, 2.45) is 0 Å². The number of hydrogen-bond acceptors (Lipinski definition) is 3. The Kier molecular flexibility index (Phi) is 4.80. The molecule has 1 atom stereocenters. The van der Waals surface area contributed by atoms with E-state index in [2.05, 4.69) is 20.9 Å². The number of ether oxygens (including phenoxy) is 1. The van der Waals surface area contributed by atoms with Gasteiger partial charge in [0.05, 0.1) is 6.10 Å². The molecule has 0 aliphatic heterocycles. The summed E-state index contributed by atoms with van der Waals surface area (Å²) in [6, 6.07) is 7.14. The summed E-state index contributed by atoms with van der Waals surface area (Å²) in [6.07, 6.45) is 2.82. The van der Waals surface area contributed by atoms with Crippen LogP contribution in [0.4, 0.5) is 0 Å². The van der Waals surface area contributed by atoms with Crippen LogP contribution in [-0.2, 0) is 6.61 Å². The monoisotopic (exact) mass is 341 g/mol. The number of hydrogen-bond donors (Lipinski definition) is 1. The van der Waals surface area contributed by atoms with E-state index in [1.807, 2.05) is 6.07 Å². The molecule has 0 amide bonds. The van der Waals surface area contributed by atoms with Crippen LogP contribution in [0.5, 0.6) is 5.75 Å². The number of nitrogens with zero attached hydrogens (tertiary/aromatic N) is 1. The van der Waals surface area contributed by atoms with Gasteiger partial charge < -0.3 is 9.84 Å². The fourth-order valence-corrected chi connectivity index (χ4v) is 2.27. The first-order valence-corrected chi connectivity index (χ1v) is 6.93. The van der Waals surface area contributed by atoms with E-state index in [0.717, 1.165) is 10.0 Å². The molecule has 0 fully saturated rings. The Hall–Kier alpha value is -1.10. The highest BCUT2D eigenvalue weighted by Crippen LogP contribution is 2.29. The maximum Gasteiger partial charge on any atom is 0.125 e. The first-order valence-electron chi connectivity index (χ1n) is 5.76. The van der Waals surface area contributed by atoms with Crippen molar-refractivity contribution in [3.05, 3.63) is 57.3 Å². The van der Waals surface area contributed by atoms with Crippen LogP contribution in [0.1, 0.15) is 24.2 Å². The summed E-state index contributed by atoms with van der Waals surface area (Å²) in [5.41, 5.74) is 1.62. The summed E-state index contributed by atoms with van der Waals surface area (Å²) in [5.74, 6) is 0.624. The first kappa shape index (κ1) is 14.3. The Morgan fingerprint density at radius 3 is 2.84 bits per heavy atom. The van der Waals surface area contributed by atoms with Crippen LogP contribution < -0.4 is 4.74 Å². The average molecular weight is 343 g/mol. The zero-order chi connectivity index (χ0) is 13.8. The van der Waals surface area contributed by atoms with Gasteiger partial charge >= 0.3 is 0 Å². The highest BCUT2D eigenvalue weighted by atomic mass is 79.9. The lowest BCUT2D eigenvalue weighted by Gasteiger charge is -2.13. The van der Waals surface area contributed by atoms with Crippen molar-refractivity contribution in [3.63, 3.8) is 0 Å². The minimum absolute atomic E-state index is 0.383. The highest BCUT2D eigenvalue weighted by molar-refractivity contribution is 9.10. The fourth-order valence-electron chi connectivity index (χ4n) is 1.67. The highest BCUT2D eigenvalue weighted by Gasteiger charge is 2.10. The normalized spacial score (nSPS) is 12.2. The summed E-state index contributed by atoms with van der Waals surface area (Å²) in [6.45, 7) is 2.06. The third kappa shape index (κ3) is 3.93. The Morgan fingerprint density at radius 1 is 1.37 bits per heavy atom. The van der Waals surface area contributed by atoms with Gasteiger partial charge in [-0.2, -0.15) is 0 Å². The number of pyridine rings is 1. The number of rotatable bonds is 4. The van der Waals surface area contributed by atoms with Crippen LogP contribution >= 0.6 is 27.5 Å². The SMILES string of the molecule is C[C@@H](O)c1cc(Cl)ccc1OCc1cncc(Br)c1.